The van der Waals surface area contributed by atoms with E-state index < -0.39 is 0 Å². The SMILES string of the molecule is Cc1cnccc1CNc1nc2ccccc2cc1C. The molecular weight excluding hydrogens is 246 g/mol. The van der Waals surface area contributed by atoms with Crippen molar-refractivity contribution in [3.8, 4) is 0 Å². The van der Waals surface area contributed by atoms with Crippen LogP contribution in [0.2, 0.25) is 0 Å². The smallest absolute Gasteiger partial charge is 0.129 e. The van der Waals surface area contributed by atoms with Gasteiger partial charge in [-0.2, -0.15) is 0 Å². The summed E-state index contributed by atoms with van der Waals surface area (Å²) in [7, 11) is 0. The zero-order valence-corrected chi connectivity index (χ0v) is 11.7. The number of hydrogen-bond acceptors (Lipinski definition) is 3. The van der Waals surface area contributed by atoms with Gasteiger partial charge in [0, 0.05) is 24.3 Å². The molecule has 0 bridgehead atoms. The van der Waals surface area contributed by atoms with Crippen molar-refractivity contribution in [2.75, 3.05) is 5.32 Å². The number of hydrogen-bond donors (Lipinski definition) is 1. The first-order valence-corrected chi connectivity index (χ1v) is 6.74. The van der Waals surface area contributed by atoms with Crippen molar-refractivity contribution in [3.63, 3.8) is 0 Å². The second-order valence-electron chi connectivity index (χ2n) is 5.00. The summed E-state index contributed by atoms with van der Waals surface area (Å²) >= 11 is 0. The quantitative estimate of drug-likeness (QED) is 0.779. The van der Waals surface area contributed by atoms with Crippen LogP contribution in [0.5, 0.6) is 0 Å². The highest BCUT2D eigenvalue weighted by Crippen LogP contribution is 2.20. The van der Waals surface area contributed by atoms with Crippen molar-refractivity contribution in [3.05, 3.63) is 65.5 Å². The van der Waals surface area contributed by atoms with Gasteiger partial charge in [-0.15, -0.1) is 0 Å². The van der Waals surface area contributed by atoms with E-state index in [1.54, 1.807) is 0 Å². The minimum Gasteiger partial charge on any atom is -0.366 e. The van der Waals surface area contributed by atoms with Gasteiger partial charge in [0.05, 0.1) is 5.52 Å². The summed E-state index contributed by atoms with van der Waals surface area (Å²) in [5.74, 6) is 0.944. The number of aryl methyl sites for hydroxylation is 2. The summed E-state index contributed by atoms with van der Waals surface area (Å²) in [4.78, 5) is 8.81. The average molecular weight is 263 g/mol. The van der Waals surface area contributed by atoms with E-state index in [0.29, 0.717) is 0 Å². The molecule has 0 saturated carbocycles. The zero-order chi connectivity index (χ0) is 13.9. The van der Waals surface area contributed by atoms with Crippen LogP contribution in [0, 0.1) is 13.8 Å². The van der Waals surface area contributed by atoms with Gasteiger partial charge in [-0.3, -0.25) is 4.98 Å². The molecule has 0 atom stereocenters. The van der Waals surface area contributed by atoms with Crippen molar-refractivity contribution in [2.24, 2.45) is 0 Å². The fraction of sp³-hybridized carbons (Fsp3) is 0.176. The van der Waals surface area contributed by atoms with Gasteiger partial charge in [0.1, 0.15) is 5.82 Å². The molecule has 20 heavy (non-hydrogen) atoms. The fourth-order valence-corrected chi connectivity index (χ4v) is 2.28. The van der Waals surface area contributed by atoms with E-state index >= 15 is 0 Å². The maximum absolute atomic E-state index is 4.69. The Morgan fingerprint density at radius 3 is 2.75 bits per heavy atom. The molecule has 0 aliphatic rings. The van der Waals surface area contributed by atoms with Crippen LogP contribution >= 0.6 is 0 Å². The van der Waals surface area contributed by atoms with Crippen LogP contribution in [0.4, 0.5) is 5.82 Å². The topological polar surface area (TPSA) is 37.8 Å². The molecule has 0 radical (unpaired) electrons. The summed E-state index contributed by atoms with van der Waals surface area (Å²) in [6.45, 7) is 4.92. The van der Waals surface area contributed by atoms with E-state index in [-0.39, 0.29) is 0 Å². The Morgan fingerprint density at radius 1 is 1.05 bits per heavy atom. The largest absolute Gasteiger partial charge is 0.366 e. The predicted molar refractivity (Wildman–Crippen MR) is 82.8 cm³/mol. The van der Waals surface area contributed by atoms with Crippen LogP contribution in [-0.2, 0) is 6.54 Å². The minimum atomic E-state index is 0.764. The lowest BCUT2D eigenvalue weighted by molar-refractivity contribution is 1.07. The van der Waals surface area contributed by atoms with Gasteiger partial charge in [-0.1, -0.05) is 18.2 Å². The Bertz CT molecular complexity index is 750. The lowest BCUT2D eigenvalue weighted by Crippen LogP contribution is -2.05. The van der Waals surface area contributed by atoms with Crippen molar-refractivity contribution in [2.45, 2.75) is 20.4 Å². The molecule has 0 spiro atoms. The van der Waals surface area contributed by atoms with Gasteiger partial charge in [0.15, 0.2) is 0 Å². The van der Waals surface area contributed by atoms with Crippen molar-refractivity contribution in [1.29, 1.82) is 0 Å². The molecule has 0 aliphatic carbocycles. The molecule has 0 amide bonds. The molecule has 1 aromatic carbocycles. The molecule has 2 aromatic heterocycles. The highest BCUT2D eigenvalue weighted by Gasteiger charge is 2.04. The molecule has 3 rings (SSSR count). The van der Waals surface area contributed by atoms with Crippen LogP contribution in [0.3, 0.4) is 0 Å². The average Bonchev–Trinajstić information content (AvgIpc) is 2.46. The van der Waals surface area contributed by atoms with Gasteiger partial charge in [0.2, 0.25) is 0 Å². The van der Waals surface area contributed by atoms with E-state index in [9.17, 15) is 0 Å². The first-order chi connectivity index (χ1) is 9.74. The van der Waals surface area contributed by atoms with Gasteiger partial charge < -0.3 is 5.32 Å². The standard InChI is InChI=1S/C17H17N3/c1-12-9-14-5-3-4-6-16(14)20-17(12)19-11-15-7-8-18-10-13(15)2/h3-10H,11H2,1-2H3,(H,19,20). The Kier molecular flexibility index (Phi) is 3.33. The van der Waals surface area contributed by atoms with Crippen LogP contribution in [-0.4, -0.2) is 9.97 Å². The summed E-state index contributed by atoms with van der Waals surface area (Å²) in [5, 5.41) is 4.60. The van der Waals surface area contributed by atoms with Crippen molar-refractivity contribution >= 4 is 16.7 Å². The number of aromatic nitrogens is 2. The molecule has 0 aliphatic heterocycles. The van der Waals surface area contributed by atoms with Gasteiger partial charge in [-0.25, -0.2) is 4.98 Å². The third kappa shape index (κ3) is 2.48. The fourth-order valence-electron chi connectivity index (χ4n) is 2.28. The zero-order valence-electron chi connectivity index (χ0n) is 11.7. The minimum absolute atomic E-state index is 0.764. The number of fused-ring (bicyclic) bond motifs is 1. The van der Waals surface area contributed by atoms with Gasteiger partial charge in [-0.05, 0) is 48.7 Å². The van der Waals surface area contributed by atoms with Gasteiger partial charge >= 0.3 is 0 Å². The summed E-state index contributed by atoms with van der Waals surface area (Å²) in [5.41, 5.74) is 4.62. The van der Waals surface area contributed by atoms with Crippen molar-refractivity contribution in [1.82, 2.24) is 9.97 Å². The highest BCUT2D eigenvalue weighted by molar-refractivity contribution is 5.81. The van der Waals surface area contributed by atoms with Crippen LogP contribution in [0.25, 0.3) is 10.9 Å². The summed E-state index contributed by atoms with van der Waals surface area (Å²) < 4.78 is 0. The number of anilines is 1. The van der Waals surface area contributed by atoms with E-state index in [4.69, 9.17) is 4.98 Å². The molecular formula is C17H17N3. The lowest BCUT2D eigenvalue weighted by atomic mass is 10.1. The second kappa shape index (κ2) is 5.29. The van der Waals surface area contributed by atoms with E-state index in [1.165, 1.54) is 16.5 Å². The molecule has 1 N–H and O–H groups in total. The maximum Gasteiger partial charge on any atom is 0.129 e. The van der Waals surface area contributed by atoms with Gasteiger partial charge in [0.25, 0.3) is 0 Å². The van der Waals surface area contributed by atoms with E-state index in [2.05, 4.69) is 36.3 Å². The Balaban J connectivity index is 1.87. The van der Waals surface area contributed by atoms with Crippen LogP contribution in [0.1, 0.15) is 16.7 Å². The Hall–Kier alpha value is -2.42. The third-order valence-electron chi connectivity index (χ3n) is 3.50. The first-order valence-electron chi connectivity index (χ1n) is 6.74. The van der Waals surface area contributed by atoms with E-state index in [0.717, 1.165) is 23.4 Å². The molecule has 3 aromatic rings. The number of nitrogens with one attached hydrogen (secondary N) is 1. The number of pyridine rings is 2. The van der Waals surface area contributed by atoms with Crippen LogP contribution in [0.15, 0.2) is 48.8 Å². The summed E-state index contributed by atoms with van der Waals surface area (Å²) in [6, 6.07) is 12.4. The molecule has 3 heteroatoms. The number of nitrogens with zero attached hydrogens (tertiary/aromatic N) is 2. The molecule has 0 unspecified atom stereocenters. The number of para-hydroxylation sites is 1. The predicted octanol–water partition coefficient (Wildman–Crippen LogP) is 3.86. The first kappa shape index (κ1) is 12.6. The monoisotopic (exact) mass is 263 g/mol. The molecule has 3 nitrogen and oxygen atoms in total. The third-order valence-corrected chi connectivity index (χ3v) is 3.50. The number of benzene rings is 1. The van der Waals surface area contributed by atoms with Crippen LogP contribution < -0.4 is 5.32 Å². The normalized spacial score (nSPS) is 10.7. The molecule has 0 saturated heterocycles. The Morgan fingerprint density at radius 2 is 1.90 bits per heavy atom. The molecule has 100 valence electrons. The molecule has 0 fully saturated rings. The lowest BCUT2D eigenvalue weighted by Gasteiger charge is -2.11. The van der Waals surface area contributed by atoms with E-state index in [1.807, 2.05) is 36.7 Å². The number of rotatable bonds is 3. The highest BCUT2D eigenvalue weighted by atomic mass is 15.0. The second-order valence-corrected chi connectivity index (χ2v) is 5.00. The van der Waals surface area contributed by atoms with Crippen molar-refractivity contribution < 1.29 is 0 Å². The molecule has 2 heterocycles. The Labute approximate surface area is 118 Å². The summed E-state index contributed by atoms with van der Waals surface area (Å²) in [6.07, 6.45) is 3.71. The maximum atomic E-state index is 4.69.